The van der Waals surface area contributed by atoms with E-state index in [0.717, 1.165) is 27.9 Å². The number of esters is 1. The average Bonchev–Trinajstić information content (AvgIpc) is 2.55. The van der Waals surface area contributed by atoms with Crippen LogP contribution in [-0.2, 0) is 20.7 Å². The fraction of sp³-hybridized carbons (Fsp3) is 0.300. The molecule has 0 spiro atoms. The van der Waals surface area contributed by atoms with Gasteiger partial charge in [0, 0.05) is 12.1 Å². The van der Waals surface area contributed by atoms with Gasteiger partial charge in [0.05, 0.1) is 0 Å². The molecular formula is C20H23NO3. The number of benzene rings is 2. The number of amides is 1. The summed E-state index contributed by atoms with van der Waals surface area (Å²) in [6, 6.07) is 13.7. The maximum atomic E-state index is 12.0. The van der Waals surface area contributed by atoms with Crippen LogP contribution in [0.15, 0.2) is 42.5 Å². The SMILES string of the molecule is Cc1cc(C)c(NC(=O)COC(=O)CCc2ccccc2)c(C)c1. The highest BCUT2D eigenvalue weighted by atomic mass is 16.5. The first-order chi connectivity index (χ1) is 11.5. The number of aryl methyl sites for hydroxylation is 4. The molecule has 0 aliphatic rings. The maximum Gasteiger partial charge on any atom is 0.306 e. The Hall–Kier alpha value is -2.62. The molecule has 0 saturated heterocycles. The van der Waals surface area contributed by atoms with Crippen LogP contribution in [0.25, 0.3) is 0 Å². The quantitative estimate of drug-likeness (QED) is 0.823. The van der Waals surface area contributed by atoms with E-state index in [1.54, 1.807) is 0 Å². The molecule has 24 heavy (non-hydrogen) atoms. The summed E-state index contributed by atoms with van der Waals surface area (Å²) < 4.78 is 5.05. The largest absolute Gasteiger partial charge is 0.456 e. The summed E-state index contributed by atoms with van der Waals surface area (Å²) in [5, 5.41) is 2.82. The molecule has 0 saturated carbocycles. The van der Waals surface area contributed by atoms with Gasteiger partial charge in [-0.15, -0.1) is 0 Å². The van der Waals surface area contributed by atoms with Crippen LogP contribution >= 0.6 is 0 Å². The van der Waals surface area contributed by atoms with Crippen LogP contribution in [0.3, 0.4) is 0 Å². The van der Waals surface area contributed by atoms with Crippen LogP contribution in [0, 0.1) is 20.8 Å². The van der Waals surface area contributed by atoms with Crippen molar-refractivity contribution in [2.24, 2.45) is 0 Å². The second-order valence-electron chi connectivity index (χ2n) is 5.97. The molecule has 0 aliphatic heterocycles. The van der Waals surface area contributed by atoms with Gasteiger partial charge in [0.25, 0.3) is 5.91 Å². The third-order valence-electron chi connectivity index (χ3n) is 3.77. The van der Waals surface area contributed by atoms with Crippen molar-refractivity contribution in [2.75, 3.05) is 11.9 Å². The summed E-state index contributed by atoms with van der Waals surface area (Å²) in [5.41, 5.74) is 5.00. The lowest BCUT2D eigenvalue weighted by Crippen LogP contribution is -2.22. The van der Waals surface area contributed by atoms with Gasteiger partial charge in [-0.2, -0.15) is 0 Å². The van der Waals surface area contributed by atoms with E-state index in [-0.39, 0.29) is 24.9 Å². The van der Waals surface area contributed by atoms with Crippen molar-refractivity contribution >= 4 is 17.6 Å². The highest BCUT2D eigenvalue weighted by Gasteiger charge is 2.11. The second kappa shape index (κ2) is 8.29. The minimum absolute atomic E-state index is 0.264. The van der Waals surface area contributed by atoms with E-state index >= 15 is 0 Å². The van der Waals surface area contributed by atoms with E-state index in [4.69, 9.17) is 4.74 Å². The van der Waals surface area contributed by atoms with Crippen molar-refractivity contribution in [3.63, 3.8) is 0 Å². The van der Waals surface area contributed by atoms with Crippen LogP contribution in [-0.4, -0.2) is 18.5 Å². The lowest BCUT2D eigenvalue weighted by Gasteiger charge is -2.13. The first-order valence-corrected chi connectivity index (χ1v) is 8.03. The fourth-order valence-corrected chi connectivity index (χ4v) is 2.66. The van der Waals surface area contributed by atoms with Gasteiger partial charge < -0.3 is 10.1 Å². The Morgan fingerprint density at radius 1 is 1.00 bits per heavy atom. The van der Waals surface area contributed by atoms with E-state index in [0.29, 0.717) is 6.42 Å². The standard InChI is InChI=1S/C20H23NO3/c1-14-11-15(2)20(16(3)12-14)21-18(22)13-24-19(23)10-9-17-7-5-4-6-8-17/h4-8,11-12H,9-10,13H2,1-3H3,(H,21,22). The highest BCUT2D eigenvalue weighted by molar-refractivity contribution is 5.94. The molecule has 1 N–H and O–H groups in total. The van der Waals surface area contributed by atoms with Gasteiger partial charge in [-0.25, -0.2) is 0 Å². The third kappa shape index (κ3) is 5.23. The number of carbonyl (C=O) groups is 2. The number of nitrogens with one attached hydrogen (secondary N) is 1. The van der Waals surface area contributed by atoms with Gasteiger partial charge >= 0.3 is 5.97 Å². The van der Waals surface area contributed by atoms with Gasteiger partial charge in [-0.3, -0.25) is 9.59 Å². The third-order valence-corrected chi connectivity index (χ3v) is 3.77. The molecule has 1 amide bonds. The van der Waals surface area contributed by atoms with Crippen molar-refractivity contribution in [1.82, 2.24) is 0 Å². The molecule has 0 bridgehead atoms. The van der Waals surface area contributed by atoms with E-state index in [1.165, 1.54) is 0 Å². The highest BCUT2D eigenvalue weighted by Crippen LogP contribution is 2.21. The smallest absolute Gasteiger partial charge is 0.306 e. The molecule has 2 aromatic carbocycles. The van der Waals surface area contributed by atoms with Crippen molar-refractivity contribution in [3.05, 3.63) is 64.7 Å². The van der Waals surface area contributed by atoms with Gasteiger partial charge in [0.1, 0.15) is 0 Å². The predicted octanol–water partition coefficient (Wildman–Crippen LogP) is 3.73. The van der Waals surface area contributed by atoms with Crippen molar-refractivity contribution in [2.45, 2.75) is 33.6 Å². The van der Waals surface area contributed by atoms with Gasteiger partial charge in [-0.1, -0.05) is 48.0 Å². The van der Waals surface area contributed by atoms with Gasteiger partial charge in [-0.05, 0) is 43.9 Å². The number of carbonyl (C=O) groups excluding carboxylic acids is 2. The number of anilines is 1. The monoisotopic (exact) mass is 325 g/mol. The van der Waals surface area contributed by atoms with E-state index in [9.17, 15) is 9.59 Å². The Morgan fingerprint density at radius 3 is 2.25 bits per heavy atom. The van der Waals surface area contributed by atoms with Crippen molar-refractivity contribution in [1.29, 1.82) is 0 Å². The molecule has 0 aliphatic carbocycles. The Labute approximate surface area is 142 Å². The first-order valence-electron chi connectivity index (χ1n) is 8.03. The maximum absolute atomic E-state index is 12.0. The molecule has 0 heterocycles. The topological polar surface area (TPSA) is 55.4 Å². The van der Waals surface area contributed by atoms with Crippen LogP contribution in [0.4, 0.5) is 5.69 Å². The Morgan fingerprint density at radius 2 is 1.62 bits per heavy atom. The summed E-state index contributed by atoms with van der Waals surface area (Å²) in [5.74, 6) is -0.690. The summed E-state index contributed by atoms with van der Waals surface area (Å²) in [6.45, 7) is 5.64. The molecule has 4 heteroatoms. The number of hydrogen-bond donors (Lipinski definition) is 1. The molecule has 126 valence electrons. The second-order valence-corrected chi connectivity index (χ2v) is 5.97. The Bertz CT molecular complexity index is 700. The number of rotatable bonds is 6. The zero-order valence-corrected chi connectivity index (χ0v) is 14.4. The summed E-state index contributed by atoms with van der Waals surface area (Å²) in [4.78, 5) is 23.7. The minimum atomic E-state index is -0.369. The summed E-state index contributed by atoms with van der Waals surface area (Å²) in [6.07, 6.45) is 0.872. The zero-order chi connectivity index (χ0) is 17.5. The van der Waals surface area contributed by atoms with Gasteiger partial charge in [0.2, 0.25) is 0 Å². The summed E-state index contributed by atoms with van der Waals surface area (Å²) >= 11 is 0. The minimum Gasteiger partial charge on any atom is -0.456 e. The predicted molar refractivity (Wildman–Crippen MR) is 95.0 cm³/mol. The fourth-order valence-electron chi connectivity index (χ4n) is 2.66. The van der Waals surface area contributed by atoms with Gasteiger partial charge in [0.15, 0.2) is 6.61 Å². The average molecular weight is 325 g/mol. The van der Waals surface area contributed by atoms with Crippen molar-refractivity contribution < 1.29 is 14.3 Å². The van der Waals surface area contributed by atoms with Crippen LogP contribution in [0.2, 0.25) is 0 Å². The Balaban J connectivity index is 1.80. The molecule has 0 aromatic heterocycles. The molecule has 2 rings (SSSR count). The van der Waals surface area contributed by atoms with Crippen LogP contribution < -0.4 is 5.32 Å². The normalized spacial score (nSPS) is 10.3. The zero-order valence-electron chi connectivity index (χ0n) is 14.4. The molecule has 0 fully saturated rings. The van der Waals surface area contributed by atoms with Crippen LogP contribution in [0.1, 0.15) is 28.7 Å². The van der Waals surface area contributed by atoms with E-state index < -0.39 is 0 Å². The number of hydrogen-bond acceptors (Lipinski definition) is 3. The first kappa shape index (κ1) is 17.7. The molecule has 0 unspecified atom stereocenters. The molecule has 0 radical (unpaired) electrons. The van der Waals surface area contributed by atoms with Crippen molar-refractivity contribution in [3.8, 4) is 0 Å². The Kier molecular flexibility index (Phi) is 6.13. The lowest BCUT2D eigenvalue weighted by molar-refractivity contribution is -0.147. The molecule has 2 aromatic rings. The van der Waals surface area contributed by atoms with E-state index in [2.05, 4.69) is 5.32 Å². The van der Waals surface area contributed by atoms with E-state index in [1.807, 2.05) is 63.2 Å². The molecule has 0 atom stereocenters. The van der Waals surface area contributed by atoms with Crippen LogP contribution in [0.5, 0.6) is 0 Å². The molecule has 4 nitrogen and oxygen atoms in total. The summed E-state index contributed by atoms with van der Waals surface area (Å²) in [7, 11) is 0. The molecular weight excluding hydrogens is 302 g/mol. The number of ether oxygens (including phenoxy) is 1. The lowest BCUT2D eigenvalue weighted by atomic mass is 10.1.